The average molecular weight is 630 g/mol. The van der Waals surface area contributed by atoms with Gasteiger partial charge in [-0.1, -0.05) is 140 Å². The van der Waals surface area contributed by atoms with E-state index in [0.717, 1.165) is 17.1 Å². The van der Waals surface area contributed by atoms with Crippen LogP contribution < -0.4 is 4.90 Å². The molecule has 0 radical (unpaired) electrons. The molecule has 0 saturated carbocycles. The van der Waals surface area contributed by atoms with E-state index in [2.05, 4.69) is 193 Å². The van der Waals surface area contributed by atoms with E-state index in [0.29, 0.717) is 0 Å². The topological polar surface area (TPSA) is 3.24 Å². The standard InChI is InChI=1S/C46H31NS/c1-3-11-32(12-4-1)36-14-9-15-37(31-36)33-21-26-39(27-22-33)47(38-16-5-2-6-17-38)40-28-23-34(24-29-40)41-19-10-13-35-25-30-43-42-18-7-8-20-44(42)48-46(43)45(35)41/h1-31H. The van der Waals surface area contributed by atoms with Gasteiger partial charge in [0.1, 0.15) is 0 Å². The van der Waals surface area contributed by atoms with Crippen molar-refractivity contribution in [1.82, 2.24) is 0 Å². The lowest BCUT2D eigenvalue weighted by Crippen LogP contribution is -2.09. The van der Waals surface area contributed by atoms with E-state index in [1.54, 1.807) is 0 Å². The molecule has 1 nitrogen and oxygen atoms in total. The highest BCUT2D eigenvalue weighted by Gasteiger charge is 2.15. The van der Waals surface area contributed by atoms with Gasteiger partial charge in [-0.05, 0) is 87.3 Å². The Hall–Kier alpha value is -5.96. The van der Waals surface area contributed by atoms with Crippen molar-refractivity contribution in [1.29, 1.82) is 0 Å². The number of fused-ring (bicyclic) bond motifs is 5. The van der Waals surface area contributed by atoms with Gasteiger partial charge >= 0.3 is 0 Å². The molecule has 0 spiro atoms. The fourth-order valence-electron chi connectivity index (χ4n) is 6.92. The quantitative estimate of drug-likeness (QED) is 0.177. The third-order valence-corrected chi connectivity index (χ3v) is 10.5. The summed E-state index contributed by atoms with van der Waals surface area (Å²) in [5.74, 6) is 0. The molecule has 48 heavy (non-hydrogen) atoms. The van der Waals surface area contributed by atoms with Gasteiger partial charge in [0.15, 0.2) is 0 Å². The van der Waals surface area contributed by atoms with Crippen molar-refractivity contribution < 1.29 is 0 Å². The second-order valence-electron chi connectivity index (χ2n) is 12.2. The number of thiophene rings is 1. The first-order valence-corrected chi connectivity index (χ1v) is 17.2. The molecule has 9 aromatic rings. The van der Waals surface area contributed by atoms with Crippen LogP contribution in [-0.2, 0) is 0 Å². The molecule has 0 N–H and O–H groups in total. The number of hydrogen-bond acceptors (Lipinski definition) is 2. The van der Waals surface area contributed by atoms with Crippen molar-refractivity contribution in [3.63, 3.8) is 0 Å². The zero-order valence-corrected chi connectivity index (χ0v) is 27.1. The highest BCUT2D eigenvalue weighted by atomic mass is 32.1. The van der Waals surface area contributed by atoms with Crippen LogP contribution in [0.2, 0.25) is 0 Å². The Morgan fingerprint density at radius 3 is 1.65 bits per heavy atom. The molecule has 0 unspecified atom stereocenters. The van der Waals surface area contributed by atoms with Crippen LogP contribution in [0, 0.1) is 0 Å². The predicted octanol–water partition coefficient (Wildman–Crippen LogP) is 13.7. The zero-order valence-electron chi connectivity index (χ0n) is 26.3. The predicted molar refractivity (Wildman–Crippen MR) is 208 cm³/mol. The van der Waals surface area contributed by atoms with Crippen molar-refractivity contribution in [3.8, 4) is 33.4 Å². The minimum Gasteiger partial charge on any atom is -0.311 e. The van der Waals surface area contributed by atoms with Crippen molar-refractivity contribution in [2.24, 2.45) is 0 Å². The number of nitrogens with zero attached hydrogens (tertiary/aromatic N) is 1. The Bertz CT molecular complexity index is 2530. The molecule has 0 amide bonds. The lowest BCUT2D eigenvalue weighted by Gasteiger charge is -2.26. The molecule has 0 atom stereocenters. The van der Waals surface area contributed by atoms with Gasteiger partial charge in [0.2, 0.25) is 0 Å². The van der Waals surface area contributed by atoms with E-state index in [1.165, 1.54) is 64.3 Å². The average Bonchev–Trinajstić information content (AvgIpc) is 3.55. The zero-order chi connectivity index (χ0) is 31.9. The molecule has 2 heteroatoms. The summed E-state index contributed by atoms with van der Waals surface area (Å²) in [5, 5.41) is 5.27. The number of anilines is 3. The van der Waals surface area contributed by atoms with E-state index >= 15 is 0 Å². The lowest BCUT2D eigenvalue weighted by molar-refractivity contribution is 1.28. The highest BCUT2D eigenvalue weighted by molar-refractivity contribution is 7.26. The molecule has 0 aliphatic carbocycles. The summed E-state index contributed by atoms with van der Waals surface area (Å²) in [7, 11) is 0. The van der Waals surface area contributed by atoms with Crippen LogP contribution in [0.25, 0.3) is 64.3 Å². The third-order valence-electron chi connectivity index (χ3n) is 9.27. The highest BCUT2D eigenvalue weighted by Crippen LogP contribution is 2.43. The van der Waals surface area contributed by atoms with Crippen LogP contribution in [0.3, 0.4) is 0 Å². The fourth-order valence-corrected chi connectivity index (χ4v) is 8.19. The van der Waals surface area contributed by atoms with Crippen molar-refractivity contribution in [3.05, 3.63) is 188 Å². The Morgan fingerprint density at radius 1 is 0.354 bits per heavy atom. The SMILES string of the molecule is c1ccc(-c2cccc(-c3ccc(N(c4ccccc4)c4ccc(-c5cccc6ccc7c8ccccc8sc7c56)cc4)cc3)c2)cc1. The first-order valence-electron chi connectivity index (χ1n) is 16.3. The van der Waals surface area contributed by atoms with Gasteiger partial charge in [0, 0.05) is 42.6 Å². The lowest BCUT2D eigenvalue weighted by atomic mass is 9.96. The van der Waals surface area contributed by atoms with Crippen LogP contribution in [0.4, 0.5) is 17.1 Å². The van der Waals surface area contributed by atoms with Crippen molar-refractivity contribution in [2.75, 3.05) is 4.90 Å². The van der Waals surface area contributed by atoms with E-state index < -0.39 is 0 Å². The van der Waals surface area contributed by atoms with Gasteiger partial charge in [-0.3, -0.25) is 0 Å². The second-order valence-corrected chi connectivity index (χ2v) is 13.2. The summed E-state index contributed by atoms with van der Waals surface area (Å²) in [4.78, 5) is 2.33. The largest absolute Gasteiger partial charge is 0.311 e. The van der Waals surface area contributed by atoms with Crippen LogP contribution >= 0.6 is 11.3 Å². The second kappa shape index (κ2) is 12.0. The smallest absolute Gasteiger partial charge is 0.0462 e. The minimum atomic E-state index is 1.12. The van der Waals surface area contributed by atoms with Crippen molar-refractivity contribution >= 4 is 59.3 Å². The summed E-state index contributed by atoms with van der Waals surface area (Å²) < 4.78 is 2.69. The number of para-hydroxylation sites is 1. The molecule has 1 heterocycles. The van der Waals surface area contributed by atoms with E-state index in [1.807, 2.05) is 11.3 Å². The summed E-state index contributed by atoms with van der Waals surface area (Å²) >= 11 is 1.89. The summed E-state index contributed by atoms with van der Waals surface area (Å²) in [6.45, 7) is 0. The maximum Gasteiger partial charge on any atom is 0.0462 e. The Balaban J connectivity index is 1.10. The van der Waals surface area contributed by atoms with Gasteiger partial charge in [-0.25, -0.2) is 0 Å². The van der Waals surface area contributed by atoms with Crippen LogP contribution in [0.15, 0.2) is 188 Å². The summed E-state index contributed by atoms with van der Waals surface area (Å²) in [5.41, 5.74) is 10.7. The maximum atomic E-state index is 2.33. The van der Waals surface area contributed by atoms with Crippen molar-refractivity contribution in [2.45, 2.75) is 0 Å². The number of rotatable bonds is 6. The van der Waals surface area contributed by atoms with Gasteiger partial charge < -0.3 is 4.90 Å². The summed E-state index contributed by atoms with van der Waals surface area (Å²) in [6.07, 6.45) is 0. The molecule has 1 aromatic heterocycles. The van der Waals surface area contributed by atoms with E-state index in [4.69, 9.17) is 0 Å². The molecular formula is C46H31NS. The van der Waals surface area contributed by atoms with Crippen LogP contribution in [0.5, 0.6) is 0 Å². The molecule has 226 valence electrons. The van der Waals surface area contributed by atoms with Crippen LogP contribution in [-0.4, -0.2) is 0 Å². The van der Waals surface area contributed by atoms with Crippen LogP contribution in [0.1, 0.15) is 0 Å². The van der Waals surface area contributed by atoms with Gasteiger partial charge in [0.05, 0.1) is 0 Å². The molecule has 8 aromatic carbocycles. The molecule has 0 saturated heterocycles. The number of benzene rings is 8. The molecule has 0 aliphatic heterocycles. The van der Waals surface area contributed by atoms with E-state index in [9.17, 15) is 0 Å². The first kappa shape index (κ1) is 28.3. The van der Waals surface area contributed by atoms with Gasteiger partial charge in [0.25, 0.3) is 0 Å². The van der Waals surface area contributed by atoms with Gasteiger partial charge in [-0.15, -0.1) is 11.3 Å². The Labute approximate surface area is 284 Å². The monoisotopic (exact) mass is 629 g/mol. The fraction of sp³-hybridized carbons (Fsp3) is 0. The maximum absolute atomic E-state index is 2.33. The summed E-state index contributed by atoms with van der Waals surface area (Å²) in [6, 6.07) is 67.9. The first-order chi connectivity index (χ1) is 23.8. The molecular weight excluding hydrogens is 599 g/mol. The molecule has 0 bridgehead atoms. The molecule has 9 rings (SSSR count). The normalized spacial score (nSPS) is 11.3. The third kappa shape index (κ3) is 5.04. The van der Waals surface area contributed by atoms with E-state index in [-0.39, 0.29) is 0 Å². The Morgan fingerprint density at radius 2 is 0.917 bits per heavy atom. The van der Waals surface area contributed by atoms with Gasteiger partial charge in [-0.2, -0.15) is 0 Å². The number of hydrogen-bond donors (Lipinski definition) is 0. The minimum absolute atomic E-state index is 1.12. The Kier molecular flexibility index (Phi) is 7.07. The molecule has 0 aliphatic rings. The molecule has 0 fully saturated rings.